The molecular weight excluding hydrogens is 320 g/mol. The first-order valence-electron chi connectivity index (χ1n) is 8.89. The normalized spacial score (nSPS) is 21.2. The Kier molecular flexibility index (Phi) is 4.16. The molecule has 6 heteroatoms. The highest BCUT2D eigenvalue weighted by Gasteiger charge is 2.32. The van der Waals surface area contributed by atoms with E-state index in [4.69, 9.17) is 0 Å². The van der Waals surface area contributed by atoms with E-state index >= 15 is 0 Å². The Balaban J connectivity index is 1.52. The van der Waals surface area contributed by atoms with Crippen molar-refractivity contribution in [1.29, 1.82) is 0 Å². The molecule has 1 aliphatic heterocycles. The minimum absolute atomic E-state index is 0.101. The first-order chi connectivity index (χ1) is 11.6. The van der Waals surface area contributed by atoms with Crippen molar-refractivity contribution in [3.05, 3.63) is 33.5 Å². The van der Waals surface area contributed by atoms with Gasteiger partial charge in [0.05, 0.1) is 23.3 Å². The molecule has 128 valence electrons. The van der Waals surface area contributed by atoms with Gasteiger partial charge in [-0.05, 0) is 52.0 Å². The lowest BCUT2D eigenvalue weighted by molar-refractivity contribution is 0.0577. The molecule has 1 aliphatic carbocycles. The van der Waals surface area contributed by atoms with Crippen LogP contribution in [0.25, 0.3) is 0 Å². The monoisotopic (exact) mass is 344 g/mol. The molecule has 1 amide bonds. The number of aromatic nitrogens is 3. The number of thiazole rings is 1. The fourth-order valence-corrected chi connectivity index (χ4v) is 4.53. The third-order valence-electron chi connectivity index (χ3n) is 5.04. The van der Waals surface area contributed by atoms with E-state index in [2.05, 4.69) is 23.1 Å². The van der Waals surface area contributed by atoms with Gasteiger partial charge < -0.3 is 4.90 Å². The van der Waals surface area contributed by atoms with Gasteiger partial charge in [0.25, 0.3) is 5.91 Å². The zero-order valence-electron chi connectivity index (χ0n) is 14.4. The Hall–Kier alpha value is -1.69. The molecule has 5 nitrogen and oxygen atoms in total. The maximum absolute atomic E-state index is 13.0. The average Bonchev–Trinajstić information content (AvgIpc) is 3.22. The van der Waals surface area contributed by atoms with Gasteiger partial charge in [0.1, 0.15) is 5.69 Å². The standard InChI is InChI=1S/C18H24N4OS/c1-12-9-13(2)22(20-12)10-15-5-3-4-8-21(15)18(23)16-11-24-17(19-16)14-6-7-14/h9,11,14-15H,3-8,10H2,1-2H3. The van der Waals surface area contributed by atoms with Gasteiger partial charge in [-0.3, -0.25) is 9.48 Å². The van der Waals surface area contributed by atoms with E-state index in [0.717, 1.165) is 42.3 Å². The van der Waals surface area contributed by atoms with E-state index in [0.29, 0.717) is 11.6 Å². The Morgan fingerprint density at radius 2 is 2.12 bits per heavy atom. The summed E-state index contributed by atoms with van der Waals surface area (Å²) in [5.41, 5.74) is 2.84. The first kappa shape index (κ1) is 15.8. The third kappa shape index (κ3) is 3.11. The molecule has 1 saturated carbocycles. The van der Waals surface area contributed by atoms with Crippen LogP contribution >= 0.6 is 11.3 Å². The van der Waals surface area contributed by atoms with E-state index in [-0.39, 0.29) is 11.9 Å². The largest absolute Gasteiger partial charge is 0.332 e. The summed E-state index contributed by atoms with van der Waals surface area (Å²) in [7, 11) is 0. The molecule has 4 rings (SSSR count). The lowest BCUT2D eigenvalue weighted by Gasteiger charge is -2.35. The molecular formula is C18H24N4OS. The first-order valence-corrected chi connectivity index (χ1v) is 9.77. The summed E-state index contributed by atoms with van der Waals surface area (Å²) in [6, 6.07) is 2.31. The van der Waals surface area contributed by atoms with Crippen molar-refractivity contribution >= 4 is 17.2 Å². The number of piperidine rings is 1. The zero-order chi connectivity index (χ0) is 16.7. The van der Waals surface area contributed by atoms with Crippen molar-refractivity contribution in [3.8, 4) is 0 Å². The summed E-state index contributed by atoms with van der Waals surface area (Å²) in [6.45, 7) is 5.71. The number of nitrogens with zero attached hydrogens (tertiary/aromatic N) is 4. The van der Waals surface area contributed by atoms with Crippen LogP contribution in [0.5, 0.6) is 0 Å². The van der Waals surface area contributed by atoms with Crippen molar-refractivity contribution in [2.45, 2.75) is 64.5 Å². The number of rotatable bonds is 4. The predicted octanol–water partition coefficient (Wildman–Crippen LogP) is 3.53. The van der Waals surface area contributed by atoms with Crippen LogP contribution in [0.2, 0.25) is 0 Å². The number of carbonyl (C=O) groups excluding carboxylic acids is 1. The quantitative estimate of drug-likeness (QED) is 0.852. The molecule has 2 fully saturated rings. The maximum atomic E-state index is 13.0. The van der Waals surface area contributed by atoms with Gasteiger partial charge in [0, 0.05) is 23.5 Å². The molecule has 2 aromatic heterocycles. The van der Waals surface area contributed by atoms with Crippen LogP contribution in [0.4, 0.5) is 0 Å². The SMILES string of the molecule is Cc1cc(C)n(CC2CCCCN2C(=O)c2csc(C3CC3)n2)n1. The average molecular weight is 344 g/mol. The third-order valence-corrected chi connectivity index (χ3v) is 6.05. The minimum atomic E-state index is 0.101. The maximum Gasteiger partial charge on any atom is 0.273 e. The van der Waals surface area contributed by atoms with Crippen LogP contribution in [0, 0.1) is 13.8 Å². The van der Waals surface area contributed by atoms with Gasteiger partial charge >= 0.3 is 0 Å². The molecule has 2 aromatic rings. The van der Waals surface area contributed by atoms with Crippen LogP contribution in [-0.4, -0.2) is 38.2 Å². The highest BCUT2D eigenvalue weighted by atomic mass is 32.1. The van der Waals surface area contributed by atoms with E-state index in [9.17, 15) is 4.79 Å². The molecule has 0 bridgehead atoms. The molecule has 2 aliphatic rings. The Labute approximate surface area is 146 Å². The zero-order valence-corrected chi connectivity index (χ0v) is 15.2. The summed E-state index contributed by atoms with van der Waals surface area (Å²) < 4.78 is 2.04. The van der Waals surface area contributed by atoms with E-state index in [1.165, 1.54) is 19.3 Å². The van der Waals surface area contributed by atoms with Gasteiger partial charge in [0.2, 0.25) is 0 Å². The van der Waals surface area contributed by atoms with Crippen LogP contribution < -0.4 is 0 Å². The molecule has 1 saturated heterocycles. The molecule has 0 radical (unpaired) electrons. The lowest BCUT2D eigenvalue weighted by Crippen LogP contribution is -2.46. The van der Waals surface area contributed by atoms with Crippen LogP contribution in [0.1, 0.15) is 64.9 Å². The fourth-order valence-electron chi connectivity index (χ4n) is 3.57. The summed E-state index contributed by atoms with van der Waals surface area (Å²) in [6.07, 6.45) is 5.76. The number of aryl methyl sites for hydroxylation is 2. The summed E-state index contributed by atoms with van der Waals surface area (Å²) in [5, 5.41) is 7.66. The summed E-state index contributed by atoms with van der Waals surface area (Å²) in [5.74, 6) is 0.716. The van der Waals surface area contributed by atoms with Crippen LogP contribution in [0.15, 0.2) is 11.4 Å². The molecule has 0 N–H and O–H groups in total. The van der Waals surface area contributed by atoms with Crippen molar-refractivity contribution in [3.63, 3.8) is 0 Å². The van der Waals surface area contributed by atoms with Crippen molar-refractivity contribution < 1.29 is 4.79 Å². The number of amides is 1. The Morgan fingerprint density at radius 3 is 2.83 bits per heavy atom. The van der Waals surface area contributed by atoms with Gasteiger partial charge in [-0.15, -0.1) is 11.3 Å². The number of likely N-dealkylation sites (tertiary alicyclic amines) is 1. The van der Waals surface area contributed by atoms with E-state index < -0.39 is 0 Å². The smallest absolute Gasteiger partial charge is 0.273 e. The highest BCUT2D eigenvalue weighted by molar-refractivity contribution is 7.10. The van der Waals surface area contributed by atoms with Crippen molar-refractivity contribution in [2.24, 2.45) is 0 Å². The molecule has 0 aromatic carbocycles. The van der Waals surface area contributed by atoms with Gasteiger partial charge in [-0.1, -0.05) is 0 Å². The van der Waals surface area contributed by atoms with Crippen molar-refractivity contribution in [1.82, 2.24) is 19.7 Å². The Morgan fingerprint density at radius 1 is 1.29 bits per heavy atom. The summed E-state index contributed by atoms with van der Waals surface area (Å²) >= 11 is 1.65. The highest BCUT2D eigenvalue weighted by Crippen LogP contribution is 2.41. The molecule has 3 heterocycles. The Bertz CT molecular complexity index is 746. The van der Waals surface area contributed by atoms with E-state index in [1.54, 1.807) is 11.3 Å². The van der Waals surface area contributed by atoms with Crippen LogP contribution in [0.3, 0.4) is 0 Å². The second kappa shape index (κ2) is 6.31. The molecule has 0 spiro atoms. The molecule has 1 atom stereocenters. The van der Waals surface area contributed by atoms with Crippen molar-refractivity contribution in [2.75, 3.05) is 6.54 Å². The lowest BCUT2D eigenvalue weighted by atomic mass is 10.0. The predicted molar refractivity (Wildman–Crippen MR) is 94.5 cm³/mol. The topological polar surface area (TPSA) is 51.0 Å². The van der Waals surface area contributed by atoms with Gasteiger partial charge in [-0.2, -0.15) is 5.10 Å². The van der Waals surface area contributed by atoms with Crippen LogP contribution in [-0.2, 0) is 6.54 Å². The summed E-state index contributed by atoms with van der Waals surface area (Å²) in [4.78, 5) is 19.6. The fraction of sp³-hybridized carbons (Fsp3) is 0.611. The number of carbonyl (C=O) groups is 1. The van der Waals surface area contributed by atoms with Gasteiger partial charge in [0.15, 0.2) is 0 Å². The number of hydrogen-bond donors (Lipinski definition) is 0. The minimum Gasteiger partial charge on any atom is -0.332 e. The van der Waals surface area contributed by atoms with Gasteiger partial charge in [-0.25, -0.2) is 4.98 Å². The number of hydrogen-bond acceptors (Lipinski definition) is 4. The van der Waals surface area contributed by atoms with E-state index in [1.807, 2.05) is 21.9 Å². The molecule has 24 heavy (non-hydrogen) atoms. The second-order valence-electron chi connectivity index (χ2n) is 7.10. The second-order valence-corrected chi connectivity index (χ2v) is 7.99. The molecule has 1 unspecified atom stereocenters.